The van der Waals surface area contributed by atoms with Crippen LogP contribution in [0.3, 0.4) is 0 Å². The van der Waals surface area contributed by atoms with Crippen molar-refractivity contribution in [3.8, 4) is 11.1 Å². The molecule has 0 fully saturated rings. The average Bonchev–Trinajstić information content (AvgIpc) is 2.86. The Morgan fingerprint density at radius 2 is 1.73 bits per heavy atom. The van der Waals surface area contributed by atoms with E-state index >= 15 is 0 Å². The Bertz CT molecular complexity index is 1410. The van der Waals surface area contributed by atoms with Gasteiger partial charge in [-0.15, -0.1) is 6.58 Å². The Morgan fingerprint density at radius 3 is 2.33 bits per heavy atom. The highest BCUT2D eigenvalue weighted by Gasteiger charge is 2.34. The maximum atomic E-state index is 14.1. The molecule has 1 N–H and O–H groups in total. The molecule has 0 saturated heterocycles. The van der Waals surface area contributed by atoms with Crippen molar-refractivity contribution in [1.82, 2.24) is 4.90 Å². The summed E-state index contributed by atoms with van der Waals surface area (Å²) in [5.41, 5.74) is 0.439. The predicted molar refractivity (Wildman–Crippen MR) is 144 cm³/mol. The van der Waals surface area contributed by atoms with Crippen LogP contribution in [-0.4, -0.2) is 34.5 Å². The number of halogens is 4. The van der Waals surface area contributed by atoms with Gasteiger partial charge in [0.1, 0.15) is 11.4 Å². The second kappa shape index (κ2) is 12.0. The van der Waals surface area contributed by atoms with Gasteiger partial charge >= 0.3 is 12.1 Å². The normalized spacial score (nSPS) is 12.5. The van der Waals surface area contributed by atoms with Crippen molar-refractivity contribution >= 4 is 11.9 Å². The van der Waals surface area contributed by atoms with E-state index in [1.54, 1.807) is 57.2 Å². The summed E-state index contributed by atoms with van der Waals surface area (Å²) in [6.07, 6.45) is -4.62. The molecule has 0 heterocycles. The zero-order valence-electron chi connectivity index (χ0n) is 22.7. The van der Waals surface area contributed by atoms with Crippen molar-refractivity contribution in [1.29, 1.82) is 0 Å². The van der Waals surface area contributed by atoms with Gasteiger partial charge in [0.25, 0.3) is 5.91 Å². The molecule has 0 saturated carbocycles. The van der Waals surface area contributed by atoms with E-state index < -0.39 is 41.1 Å². The number of aliphatic hydroxyl groups is 1. The van der Waals surface area contributed by atoms with Crippen LogP contribution in [0.15, 0.2) is 73.3 Å². The quantitative estimate of drug-likeness (QED) is 0.186. The van der Waals surface area contributed by atoms with E-state index in [1.165, 1.54) is 24.1 Å². The first-order valence-corrected chi connectivity index (χ1v) is 12.5. The van der Waals surface area contributed by atoms with Gasteiger partial charge in [0.15, 0.2) is 0 Å². The maximum Gasteiger partial charge on any atom is 0.419 e. The molecular weight excluding hydrogens is 526 g/mol. The number of benzene rings is 3. The van der Waals surface area contributed by atoms with Gasteiger partial charge in [-0.3, -0.25) is 9.59 Å². The molecule has 212 valence electrons. The fourth-order valence-electron chi connectivity index (χ4n) is 4.23. The number of carbonyl (C=O) groups excluding carboxylic acids is 2. The summed E-state index contributed by atoms with van der Waals surface area (Å²) < 4.78 is 58.3. The summed E-state index contributed by atoms with van der Waals surface area (Å²) in [7, 11) is 1.43. The van der Waals surface area contributed by atoms with Gasteiger partial charge in [-0.1, -0.05) is 42.5 Å². The van der Waals surface area contributed by atoms with E-state index in [4.69, 9.17) is 4.74 Å². The number of hydrogen-bond donors (Lipinski definition) is 1. The first-order valence-electron chi connectivity index (χ1n) is 12.5. The van der Waals surface area contributed by atoms with E-state index in [0.29, 0.717) is 28.3 Å². The minimum atomic E-state index is -4.83. The number of esters is 1. The molecule has 3 aromatic rings. The largest absolute Gasteiger partial charge is 0.460 e. The van der Waals surface area contributed by atoms with Crippen LogP contribution in [0.2, 0.25) is 0 Å². The topological polar surface area (TPSA) is 66.8 Å². The summed E-state index contributed by atoms with van der Waals surface area (Å²) in [5, 5.41) is 10.4. The van der Waals surface area contributed by atoms with E-state index in [9.17, 15) is 32.3 Å². The molecule has 1 atom stereocenters. The highest BCUT2D eigenvalue weighted by atomic mass is 19.4. The lowest BCUT2D eigenvalue weighted by Crippen LogP contribution is -2.29. The van der Waals surface area contributed by atoms with Gasteiger partial charge in [0, 0.05) is 19.2 Å². The second-order valence-electron chi connectivity index (χ2n) is 10.4. The van der Waals surface area contributed by atoms with E-state index in [2.05, 4.69) is 6.58 Å². The lowest BCUT2D eigenvalue weighted by molar-refractivity contribution is -0.154. The van der Waals surface area contributed by atoms with Crippen LogP contribution < -0.4 is 0 Å². The van der Waals surface area contributed by atoms with Crippen molar-refractivity contribution in [2.75, 3.05) is 7.05 Å². The minimum absolute atomic E-state index is 0.166. The monoisotopic (exact) mass is 557 g/mol. The number of carbonyl (C=O) groups is 2. The zero-order chi connectivity index (χ0) is 29.8. The standard InChI is InChI=1S/C31H31F4NO4/c1-6-27(37)24-10-8-7-9-22(24)20-12-13-23(21(16-20)17-28(38)40-30(2,3)4)29(39)36(5)18-19-11-14-25(26(32)15-19)31(33,34)35/h6-16,27,37H,1,17-18H2,2-5H3. The van der Waals surface area contributed by atoms with Crippen molar-refractivity contribution in [3.05, 3.63) is 107 Å². The number of nitrogens with zero attached hydrogens (tertiary/aromatic N) is 1. The molecule has 0 aliphatic heterocycles. The van der Waals surface area contributed by atoms with E-state index in [-0.39, 0.29) is 24.1 Å². The molecule has 0 aliphatic rings. The molecule has 5 nitrogen and oxygen atoms in total. The van der Waals surface area contributed by atoms with Crippen LogP contribution >= 0.6 is 0 Å². The molecule has 0 spiro atoms. The van der Waals surface area contributed by atoms with E-state index in [0.717, 1.165) is 12.1 Å². The van der Waals surface area contributed by atoms with Crippen molar-refractivity contribution in [2.24, 2.45) is 0 Å². The molecule has 40 heavy (non-hydrogen) atoms. The number of alkyl halides is 3. The number of amides is 1. The Balaban J connectivity index is 1.99. The van der Waals surface area contributed by atoms with E-state index in [1.807, 2.05) is 0 Å². The van der Waals surface area contributed by atoms with Crippen LogP contribution in [0, 0.1) is 5.82 Å². The number of ether oxygens (including phenoxy) is 1. The average molecular weight is 558 g/mol. The van der Waals surface area contributed by atoms with Crippen LogP contribution in [0.1, 0.15) is 59.5 Å². The third-order valence-electron chi connectivity index (χ3n) is 6.01. The van der Waals surface area contributed by atoms with Gasteiger partial charge in [0.2, 0.25) is 0 Å². The summed E-state index contributed by atoms with van der Waals surface area (Å²) >= 11 is 0. The molecule has 3 aromatic carbocycles. The number of aliphatic hydroxyl groups excluding tert-OH is 1. The maximum absolute atomic E-state index is 14.1. The summed E-state index contributed by atoms with van der Waals surface area (Å²) in [5.74, 6) is -2.52. The predicted octanol–water partition coefficient (Wildman–Crippen LogP) is 6.89. The lowest BCUT2D eigenvalue weighted by Gasteiger charge is -2.22. The highest BCUT2D eigenvalue weighted by molar-refractivity contribution is 5.97. The van der Waals surface area contributed by atoms with Crippen molar-refractivity contribution in [3.63, 3.8) is 0 Å². The third-order valence-corrected chi connectivity index (χ3v) is 6.01. The molecule has 0 aliphatic carbocycles. The number of rotatable bonds is 8. The molecule has 0 radical (unpaired) electrons. The smallest absolute Gasteiger partial charge is 0.419 e. The molecule has 0 bridgehead atoms. The van der Waals surface area contributed by atoms with Gasteiger partial charge in [-0.2, -0.15) is 13.2 Å². The second-order valence-corrected chi connectivity index (χ2v) is 10.4. The molecule has 3 rings (SSSR count). The Morgan fingerprint density at radius 1 is 1.05 bits per heavy atom. The van der Waals surface area contributed by atoms with Crippen LogP contribution in [-0.2, 0) is 28.7 Å². The summed E-state index contributed by atoms with van der Waals surface area (Å²) in [6, 6.07) is 14.5. The number of hydrogen-bond acceptors (Lipinski definition) is 4. The van der Waals surface area contributed by atoms with Gasteiger partial charge in [0.05, 0.1) is 18.1 Å². The fourth-order valence-corrected chi connectivity index (χ4v) is 4.23. The summed E-state index contributed by atoms with van der Waals surface area (Å²) in [6.45, 7) is 8.62. The van der Waals surface area contributed by atoms with Gasteiger partial charge in [-0.05, 0) is 72.9 Å². The van der Waals surface area contributed by atoms with Gasteiger partial charge < -0.3 is 14.7 Å². The molecule has 1 unspecified atom stereocenters. The minimum Gasteiger partial charge on any atom is -0.460 e. The summed E-state index contributed by atoms with van der Waals surface area (Å²) in [4.78, 5) is 27.4. The SMILES string of the molecule is C=CC(O)c1ccccc1-c1ccc(C(=O)N(C)Cc2ccc(C(F)(F)F)c(F)c2)c(CC(=O)OC(C)(C)C)c1. The molecular formula is C31H31F4NO4. The Kier molecular flexibility index (Phi) is 9.20. The van der Waals surface area contributed by atoms with Crippen LogP contribution in [0.4, 0.5) is 17.6 Å². The molecule has 0 aromatic heterocycles. The van der Waals surface area contributed by atoms with Crippen LogP contribution in [0.5, 0.6) is 0 Å². The van der Waals surface area contributed by atoms with Crippen molar-refractivity contribution in [2.45, 2.75) is 51.6 Å². The Labute approximate surface area is 230 Å². The molecule has 1 amide bonds. The zero-order valence-corrected chi connectivity index (χ0v) is 22.7. The van der Waals surface area contributed by atoms with Crippen molar-refractivity contribution < 1.29 is 37.0 Å². The Hall–Kier alpha value is -3.98. The molecule has 9 heteroatoms. The van der Waals surface area contributed by atoms with Crippen LogP contribution in [0.25, 0.3) is 11.1 Å². The lowest BCUT2D eigenvalue weighted by atomic mass is 9.92. The first kappa shape index (κ1) is 30.6. The highest BCUT2D eigenvalue weighted by Crippen LogP contribution is 2.33. The fraction of sp³-hybridized carbons (Fsp3) is 0.290. The third kappa shape index (κ3) is 7.57. The van der Waals surface area contributed by atoms with Gasteiger partial charge in [-0.25, -0.2) is 4.39 Å². The first-order chi connectivity index (χ1) is 18.6.